The van der Waals surface area contributed by atoms with Crippen molar-refractivity contribution in [3.63, 3.8) is 0 Å². The fourth-order valence-corrected chi connectivity index (χ4v) is 6.67. The third-order valence-electron chi connectivity index (χ3n) is 3.68. The molecule has 0 heterocycles. The van der Waals surface area contributed by atoms with Crippen molar-refractivity contribution in [3.05, 3.63) is 84.9 Å². The summed E-state index contributed by atoms with van der Waals surface area (Å²) in [5, 5.41) is 3.74. The average molecular weight is 340 g/mol. The zero-order valence-corrected chi connectivity index (χ0v) is 14.9. The van der Waals surface area contributed by atoms with Gasteiger partial charge in [-0.2, -0.15) is 0 Å². The van der Waals surface area contributed by atoms with Gasteiger partial charge in [-0.3, -0.25) is 0 Å². The average Bonchev–Trinajstić information content (AvgIpc) is 2.62. The van der Waals surface area contributed by atoms with E-state index >= 15 is 0 Å². The van der Waals surface area contributed by atoms with Crippen molar-refractivity contribution in [3.8, 4) is 0 Å². The lowest BCUT2D eigenvalue weighted by molar-refractivity contribution is 1.49. The van der Waals surface area contributed by atoms with Crippen molar-refractivity contribution in [2.24, 2.45) is 0 Å². The Morgan fingerprint density at radius 2 is 1.05 bits per heavy atom. The van der Waals surface area contributed by atoms with Crippen LogP contribution in [0.4, 0.5) is 0 Å². The number of hydrogen-bond acceptors (Lipinski definition) is 2. The normalized spacial score (nSPS) is 11.3. The predicted octanol–water partition coefficient (Wildman–Crippen LogP) is 4.16. The molecule has 0 saturated carbocycles. The lowest BCUT2D eigenvalue weighted by atomic mass is 10.3. The summed E-state index contributed by atoms with van der Waals surface area (Å²) in [5.41, 5.74) is 0. The van der Waals surface area contributed by atoms with Crippen molar-refractivity contribution in [2.45, 2.75) is 4.90 Å². The Labute approximate surface area is 141 Å². The van der Waals surface area contributed by atoms with Gasteiger partial charge < -0.3 is 0 Å². The Hall–Kier alpha value is -1.34. The van der Waals surface area contributed by atoms with E-state index < -0.39 is 6.04 Å². The molecular formula is C19H17PS2. The summed E-state index contributed by atoms with van der Waals surface area (Å²) in [6, 6.07) is 27.8. The van der Waals surface area contributed by atoms with Crippen LogP contribution in [-0.2, 0) is 11.8 Å². The Morgan fingerprint density at radius 3 is 1.45 bits per heavy atom. The molecule has 3 heteroatoms. The second kappa shape index (κ2) is 6.83. The Kier molecular flexibility index (Phi) is 4.83. The van der Waals surface area contributed by atoms with Gasteiger partial charge in [0.05, 0.1) is 0 Å². The van der Waals surface area contributed by atoms with Gasteiger partial charge in [0.2, 0.25) is 0 Å². The molecule has 0 atom stereocenters. The minimum absolute atomic E-state index is 1.24. The molecule has 3 aromatic rings. The van der Waals surface area contributed by atoms with Gasteiger partial charge in [-0.1, -0.05) is 84.6 Å². The zero-order chi connectivity index (χ0) is 15.4. The van der Waals surface area contributed by atoms with Crippen molar-refractivity contribution >= 4 is 45.5 Å². The molecule has 0 amide bonds. The molecule has 22 heavy (non-hydrogen) atoms. The van der Waals surface area contributed by atoms with Gasteiger partial charge in [0.25, 0.3) is 0 Å². The lowest BCUT2D eigenvalue weighted by Gasteiger charge is -2.24. The molecule has 0 aliphatic heterocycles. The van der Waals surface area contributed by atoms with Crippen LogP contribution in [0.3, 0.4) is 0 Å². The van der Waals surface area contributed by atoms with Crippen molar-refractivity contribution in [1.82, 2.24) is 0 Å². The molecule has 0 radical (unpaired) electrons. The molecule has 0 unspecified atom stereocenters. The molecule has 0 nitrogen and oxygen atoms in total. The van der Waals surface area contributed by atoms with Crippen LogP contribution in [0, 0.1) is 0 Å². The third-order valence-corrected chi connectivity index (χ3v) is 9.39. The van der Waals surface area contributed by atoms with Crippen LogP contribution < -0.4 is 15.9 Å². The van der Waals surface area contributed by atoms with Gasteiger partial charge in [-0.25, -0.2) is 0 Å². The quantitative estimate of drug-likeness (QED) is 0.517. The van der Waals surface area contributed by atoms with Crippen LogP contribution in [0.15, 0.2) is 89.8 Å². The highest BCUT2D eigenvalue weighted by atomic mass is 32.4. The molecule has 0 saturated heterocycles. The molecule has 0 spiro atoms. The molecule has 0 N–H and O–H groups in total. The predicted molar refractivity (Wildman–Crippen MR) is 104 cm³/mol. The minimum atomic E-state index is -1.98. The van der Waals surface area contributed by atoms with Gasteiger partial charge in [-0.05, 0) is 34.3 Å². The smallest absolute Gasteiger partial charge is 0.0379 e. The van der Waals surface area contributed by atoms with E-state index in [1.807, 2.05) is 12.1 Å². The molecule has 0 fully saturated rings. The van der Waals surface area contributed by atoms with E-state index in [0.717, 1.165) is 0 Å². The molecule has 3 aromatic carbocycles. The van der Waals surface area contributed by atoms with Crippen LogP contribution in [0.2, 0.25) is 0 Å². The monoisotopic (exact) mass is 340 g/mol. The van der Waals surface area contributed by atoms with E-state index in [0.29, 0.717) is 0 Å². The molecule has 0 aliphatic rings. The van der Waals surface area contributed by atoms with Gasteiger partial charge in [-0.15, -0.1) is 11.8 Å². The van der Waals surface area contributed by atoms with E-state index in [1.165, 1.54) is 20.8 Å². The van der Waals surface area contributed by atoms with Gasteiger partial charge in [0, 0.05) is 10.9 Å². The fourth-order valence-electron chi connectivity index (χ4n) is 2.52. The molecular weight excluding hydrogens is 323 g/mol. The summed E-state index contributed by atoms with van der Waals surface area (Å²) in [6.07, 6.45) is 2.10. The molecule has 110 valence electrons. The van der Waals surface area contributed by atoms with E-state index in [4.69, 9.17) is 11.8 Å². The van der Waals surface area contributed by atoms with Crippen LogP contribution in [-0.4, -0.2) is 6.26 Å². The molecule has 0 aromatic heterocycles. The van der Waals surface area contributed by atoms with Crippen molar-refractivity contribution in [1.29, 1.82) is 0 Å². The summed E-state index contributed by atoms with van der Waals surface area (Å²) in [5.74, 6) is 0. The highest BCUT2D eigenvalue weighted by Crippen LogP contribution is 2.42. The minimum Gasteiger partial charge on any atom is -0.130 e. The van der Waals surface area contributed by atoms with E-state index in [9.17, 15) is 0 Å². The maximum Gasteiger partial charge on any atom is 0.0379 e. The maximum atomic E-state index is 6.29. The Morgan fingerprint density at radius 1 is 0.636 bits per heavy atom. The van der Waals surface area contributed by atoms with Gasteiger partial charge in [0.1, 0.15) is 0 Å². The van der Waals surface area contributed by atoms with E-state index in [1.54, 1.807) is 11.8 Å². The third kappa shape index (κ3) is 2.92. The first-order chi connectivity index (χ1) is 10.7. The fraction of sp³-hybridized carbons (Fsp3) is 0.0526. The Balaban J connectivity index is 2.21. The summed E-state index contributed by atoms with van der Waals surface area (Å²) >= 11 is 8.04. The zero-order valence-electron chi connectivity index (χ0n) is 12.3. The van der Waals surface area contributed by atoms with E-state index in [2.05, 4.69) is 79.1 Å². The second-order valence-corrected chi connectivity index (χ2v) is 10.3. The van der Waals surface area contributed by atoms with Crippen LogP contribution in [0.25, 0.3) is 0 Å². The highest BCUT2D eigenvalue weighted by Gasteiger charge is 2.24. The van der Waals surface area contributed by atoms with Gasteiger partial charge >= 0.3 is 0 Å². The summed E-state index contributed by atoms with van der Waals surface area (Å²) < 4.78 is 0. The topological polar surface area (TPSA) is 0 Å². The second-order valence-electron chi connectivity index (χ2n) is 4.98. The van der Waals surface area contributed by atoms with Crippen LogP contribution in [0.5, 0.6) is 0 Å². The molecule has 3 rings (SSSR count). The van der Waals surface area contributed by atoms with Crippen LogP contribution in [0.1, 0.15) is 0 Å². The first-order valence-electron chi connectivity index (χ1n) is 7.11. The molecule has 0 aliphatic carbocycles. The first-order valence-corrected chi connectivity index (χ1v) is 11.1. The maximum absolute atomic E-state index is 6.29. The lowest BCUT2D eigenvalue weighted by Crippen LogP contribution is -2.24. The van der Waals surface area contributed by atoms with Crippen molar-refractivity contribution in [2.75, 3.05) is 6.26 Å². The SMILES string of the molecule is CSc1ccc(P(=S)(c2ccccc2)c2ccccc2)cc1. The van der Waals surface area contributed by atoms with Gasteiger partial charge in [0.15, 0.2) is 0 Å². The summed E-state index contributed by atoms with van der Waals surface area (Å²) in [7, 11) is 0. The number of rotatable bonds is 4. The number of thioether (sulfide) groups is 1. The highest BCUT2D eigenvalue weighted by molar-refractivity contribution is 8.25. The molecule has 0 bridgehead atoms. The first kappa shape index (κ1) is 15.6. The van der Waals surface area contributed by atoms with E-state index in [-0.39, 0.29) is 0 Å². The number of hydrogen-bond donors (Lipinski definition) is 0. The van der Waals surface area contributed by atoms with Crippen LogP contribution >= 0.6 is 17.8 Å². The number of benzene rings is 3. The summed E-state index contributed by atoms with van der Waals surface area (Å²) in [6.45, 7) is 0. The standard InChI is InChI=1S/C19H17PS2/c1-22-19-14-12-18(13-15-19)20(21,16-8-4-2-5-9-16)17-10-6-3-7-11-17/h2-15H,1H3. The largest absolute Gasteiger partial charge is 0.130 e. The summed E-state index contributed by atoms with van der Waals surface area (Å²) in [4.78, 5) is 1.27. The van der Waals surface area contributed by atoms with Crippen molar-refractivity contribution < 1.29 is 0 Å². The Bertz CT molecular complexity index is 737.